The first-order valence-corrected chi connectivity index (χ1v) is 12.0. The number of hydrogen-bond donors (Lipinski definition) is 0. The van der Waals surface area contributed by atoms with Crippen molar-refractivity contribution >= 4 is 11.8 Å². The van der Waals surface area contributed by atoms with Gasteiger partial charge in [0.25, 0.3) is 0 Å². The third kappa shape index (κ3) is 4.55. The SMILES string of the molecule is CN(C(=O)C[C@@H]1CN(Cc2cccc(F)c2)[C@@H]2CO[C@@H](CC(=O)N(C)C3CC3)[C@H]12)C1CC1. The average Bonchev–Trinajstić information content (AvgIpc) is 3.69. The van der Waals surface area contributed by atoms with Gasteiger partial charge in [0.2, 0.25) is 11.8 Å². The van der Waals surface area contributed by atoms with E-state index < -0.39 is 0 Å². The predicted molar refractivity (Wildman–Crippen MR) is 118 cm³/mol. The van der Waals surface area contributed by atoms with Crippen LogP contribution in [0.4, 0.5) is 4.39 Å². The highest BCUT2D eigenvalue weighted by molar-refractivity contribution is 5.78. The second kappa shape index (κ2) is 8.75. The van der Waals surface area contributed by atoms with Crippen LogP contribution in [0.15, 0.2) is 24.3 Å². The number of carbonyl (C=O) groups is 2. The lowest BCUT2D eigenvalue weighted by molar-refractivity contribution is -0.133. The maximum Gasteiger partial charge on any atom is 0.225 e. The summed E-state index contributed by atoms with van der Waals surface area (Å²) in [5.74, 6) is 0.397. The Labute approximate surface area is 189 Å². The summed E-state index contributed by atoms with van der Waals surface area (Å²) < 4.78 is 19.9. The van der Waals surface area contributed by atoms with E-state index in [-0.39, 0.29) is 41.6 Å². The normalized spacial score (nSPS) is 29.7. The van der Waals surface area contributed by atoms with E-state index in [0.29, 0.717) is 38.1 Å². The van der Waals surface area contributed by atoms with Crippen molar-refractivity contribution in [3.63, 3.8) is 0 Å². The van der Waals surface area contributed by atoms with E-state index in [2.05, 4.69) is 4.90 Å². The molecule has 1 aromatic carbocycles. The summed E-state index contributed by atoms with van der Waals surface area (Å²) in [4.78, 5) is 31.9. The van der Waals surface area contributed by atoms with Crippen molar-refractivity contribution in [1.29, 1.82) is 0 Å². The molecule has 4 atom stereocenters. The summed E-state index contributed by atoms with van der Waals surface area (Å²) in [7, 11) is 3.80. The number of rotatable bonds is 8. The van der Waals surface area contributed by atoms with Crippen molar-refractivity contribution in [2.24, 2.45) is 11.8 Å². The molecule has 2 saturated carbocycles. The van der Waals surface area contributed by atoms with Gasteiger partial charge in [-0.1, -0.05) is 12.1 Å². The molecule has 1 aromatic rings. The van der Waals surface area contributed by atoms with Gasteiger partial charge in [-0.25, -0.2) is 4.39 Å². The Hall–Kier alpha value is -1.99. The zero-order valence-electron chi connectivity index (χ0n) is 19.1. The van der Waals surface area contributed by atoms with Gasteiger partial charge in [-0.15, -0.1) is 0 Å². The van der Waals surface area contributed by atoms with Gasteiger partial charge < -0.3 is 14.5 Å². The van der Waals surface area contributed by atoms with Crippen molar-refractivity contribution in [2.75, 3.05) is 27.2 Å². The zero-order chi connectivity index (χ0) is 22.4. The van der Waals surface area contributed by atoms with E-state index in [0.717, 1.165) is 37.8 Å². The fourth-order valence-corrected chi connectivity index (χ4v) is 5.68. The summed E-state index contributed by atoms with van der Waals surface area (Å²) in [6.07, 6.45) is 5.08. The van der Waals surface area contributed by atoms with Gasteiger partial charge in [0.05, 0.1) is 19.1 Å². The number of halogens is 1. The highest BCUT2D eigenvalue weighted by Crippen LogP contribution is 2.43. The number of likely N-dealkylation sites (tertiary alicyclic amines) is 1. The molecular weight excluding hydrogens is 409 g/mol. The minimum Gasteiger partial charge on any atom is -0.376 e. The molecule has 4 fully saturated rings. The van der Waals surface area contributed by atoms with Crippen LogP contribution in [-0.2, 0) is 20.9 Å². The van der Waals surface area contributed by atoms with E-state index in [1.54, 1.807) is 12.1 Å². The van der Waals surface area contributed by atoms with Gasteiger partial charge >= 0.3 is 0 Å². The molecule has 2 aliphatic carbocycles. The van der Waals surface area contributed by atoms with Crippen molar-refractivity contribution in [3.05, 3.63) is 35.6 Å². The Morgan fingerprint density at radius 3 is 2.34 bits per heavy atom. The number of ether oxygens (including phenoxy) is 1. The monoisotopic (exact) mass is 443 g/mol. The number of fused-ring (bicyclic) bond motifs is 1. The maximum atomic E-state index is 13.7. The molecule has 2 saturated heterocycles. The second-order valence-corrected chi connectivity index (χ2v) is 10.2. The van der Waals surface area contributed by atoms with E-state index in [9.17, 15) is 14.0 Å². The Bertz CT molecular complexity index is 872. The average molecular weight is 444 g/mol. The first-order valence-electron chi connectivity index (χ1n) is 12.0. The smallest absolute Gasteiger partial charge is 0.225 e. The topological polar surface area (TPSA) is 53.1 Å². The minimum absolute atomic E-state index is 0.141. The largest absolute Gasteiger partial charge is 0.376 e. The lowest BCUT2D eigenvalue weighted by Crippen LogP contribution is -2.37. The molecule has 5 rings (SSSR count). The quantitative estimate of drug-likeness (QED) is 0.620. The highest BCUT2D eigenvalue weighted by atomic mass is 19.1. The molecule has 2 aliphatic heterocycles. The van der Waals surface area contributed by atoms with Crippen LogP contribution in [0.3, 0.4) is 0 Å². The van der Waals surface area contributed by atoms with Gasteiger partial charge in [0.15, 0.2) is 0 Å². The third-order valence-corrected chi connectivity index (χ3v) is 7.90. The summed E-state index contributed by atoms with van der Waals surface area (Å²) in [6, 6.07) is 7.66. The molecule has 4 aliphatic rings. The van der Waals surface area contributed by atoms with E-state index in [1.807, 2.05) is 30.0 Å². The number of carbonyl (C=O) groups excluding carboxylic acids is 2. The van der Waals surface area contributed by atoms with E-state index in [4.69, 9.17) is 4.74 Å². The number of nitrogens with zero attached hydrogens (tertiary/aromatic N) is 3. The molecular formula is C25H34FN3O3. The summed E-state index contributed by atoms with van der Waals surface area (Å²) in [5, 5.41) is 0. The van der Waals surface area contributed by atoms with Crippen LogP contribution in [0.1, 0.15) is 44.1 Å². The molecule has 0 spiro atoms. The third-order valence-electron chi connectivity index (χ3n) is 7.90. The first kappa shape index (κ1) is 21.8. The summed E-state index contributed by atoms with van der Waals surface area (Å²) in [5.41, 5.74) is 0.929. The number of benzene rings is 1. The zero-order valence-corrected chi connectivity index (χ0v) is 19.1. The standard InChI is InChI=1S/C25H34FN3O3/c1-27(19-6-7-19)23(30)11-17-14-29(13-16-4-3-5-18(26)10-16)21-15-32-22(25(17)21)12-24(31)28(2)20-8-9-20/h3-5,10,17,19-22,25H,6-9,11-15H2,1-2H3/t17-,21-,22+,25-/m1/s1. The minimum atomic E-state index is -0.231. The van der Waals surface area contributed by atoms with Crippen LogP contribution in [0.5, 0.6) is 0 Å². The molecule has 32 heavy (non-hydrogen) atoms. The maximum absolute atomic E-state index is 13.7. The Kier molecular flexibility index (Phi) is 5.97. The van der Waals surface area contributed by atoms with Crippen LogP contribution in [0, 0.1) is 17.7 Å². The number of amides is 2. The molecule has 0 radical (unpaired) electrons. The van der Waals surface area contributed by atoms with Gasteiger partial charge in [-0.05, 0) is 49.3 Å². The van der Waals surface area contributed by atoms with E-state index >= 15 is 0 Å². The van der Waals surface area contributed by atoms with Crippen LogP contribution < -0.4 is 0 Å². The highest BCUT2D eigenvalue weighted by Gasteiger charge is 2.52. The van der Waals surface area contributed by atoms with Gasteiger partial charge in [0.1, 0.15) is 5.82 Å². The van der Waals surface area contributed by atoms with Crippen LogP contribution in [-0.4, -0.2) is 78.0 Å². The van der Waals surface area contributed by atoms with Gasteiger partial charge in [0, 0.05) is 57.6 Å². The molecule has 6 nitrogen and oxygen atoms in total. The first-order chi connectivity index (χ1) is 15.4. The molecule has 0 N–H and O–H groups in total. The van der Waals surface area contributed by atoms with Gasteiger partial charge in [-0.3, -0.25) is 14.5 Å². The Morgan fingerprint density at radius 2 is 1.72 bits per heavy atom. The van der Waals surface area contributed by atoms with Crippen LogP contribution in [0.25, 0.3) is 0 Å². The Balaban J connectivity index is 1.31. The van der Waals surface area contributed by atoms with Crippen molar-refractivity contribution < 1.29 is 18.7 Å². The summed E-state index contributed by atoms with van der Waals surface area (Å²) in [6.45, 7) is 1.98. The second-order valence-electron chi connectivity index (χ2n) is 10.2. The lowest BCUT2D eigenvalue weighted by Gasteiger charge is -2.26. The van der Waals surface area contributed by atoms with Crippen LogP contribution >= 0.6 is 0 Å². The molecule has 174 valence electrons. The Morgan fingerprint density at radius 1 is 1.06 bits per heavy atom. The van der Waals surface area contributed by atoms with Gasteiger partial charge in [-0.2, -0.15) is 0 Å². The molecule has 0 unspecified atom stereocenters. The predicted octanol–water partition coefficient (Wildman–Crippen LogP) is 2.66. The molecule has 0 aromatic heterocycles. The fourth-order valence-electron chi connectivity index (χ4n) is 5.68. The molecule has 2 amide bonds. The van der Waals surface area contributed by atoms with E-state index in [1.165, 1.54) is 6.07 Å². The van der Waals surface area contributed by atoms with Crippen molar-refractivity contribution in [2.45, 2.75) is 69.3 Å². The molecule has 2 heterocycles. The fraction of sp³-hybridized carbons (Fsp3) is 0.680. The summed E-state index contributed by atoms with van der Waals surface area (Å²) >= 11 is 0. The molecule has 7 heteroatoms. The van der Waals surface area contributed by atoms with Crippen molar-refractivity contribution in [3.8, 4) is 0 Å². The molecule has 0 bridgehead atoms. The van der Waals surface area contributed by atoms with Crippen molar-refractivity contribution in [1.82, 2.24) is 14.7 Å². The van der Waals surface area contributed by atoms with Crippen LogP contribution in [0.2, 0.25) is 0 Å². The lowest BCUT2D eigenvalue weighted by atomic mass is 9.84. The number of hydrogen-bond acceptors (Lipinski definition) is 4.